The highest BCUT2D eigenvalue weighted by Gasteiger charge is 2.09. The molecule has 0 aliphatic carbocycles. The molecule has 0 saturated heterocycles. The summed E-state index contributed by atoms with van der Waals surface area (Å²) in [5.74, 6) is 4.61. The molecule has 1 aromatic rings. The van der Waals surface area contributed by atoms with Crippen molar-refractivity contribution < 1.29 is 4.79 Å². The molecule has 102 valence electrons. The minimum absolute atomic E-state index is 0.245. The number of nitrogens with two attached hydrogens (primary N) is 1. The van der Waals surface area contributed by atoms with E-state index in [1.54, 1.807) is 10.9 Å². The minimum Gasteiger partial charge on any atom is -0.302 e. The molecule has 0 atom stereocenters. The van der Waals surface area contributed by atoms with Gasteiger partial charge in [0, 0.05) is 6.54 Å². The van der Waals surface area contributed by atoms with Gasteiger partial charge in [-0.25, -0.2) is 5.84 Å². The molecule has 0 fully saturated rings. The maximum Gasteiger partial charge on any atom is 0.287 e. The number of amides is 1. The van der Waals surface area contributed by atoms with Gasteiger partial charge < -0.3 is 4.90 Å². The molecule has 1 aromatic heterocycles. The zero-order valence-corrected chi connectivity index (χ0v) is 11.1. The van der Waals surface area contributed by atoms with E-state index in [1.807, 2.05) is 5.43 Å². The van der Waals surface area contributed by atoms with E-state index in [2.05, 4.69) is 29.1 Å². The van der Waals surface area contributed by atoms with Crippen molar-refractivity contribution in [3.05, 3.63) is 11.9 Å². The monoisotopic (exact) mass is 254 g/mol. The van der Waals surface area contributed by atoms with Crippen molar-refractivity contribution in [1.29, 1.82) is 0 Å². The van der Waals surface area contributed by atoms with Crippen molar-refractivity contribution in [3.63, 3.8) is 0 Å². The molecule has 1 amide bonds. The van der Waals surface area contributed by atoms with Crippen LogP contribution in [0.4, 0.5) is 0 Å². The molecule has 0 bridgehead atoms. The van der Waals surface area contributed by atoms with Gasteiger partial charge in [-0.2, -0.15) is 0 Å². The summed E-state index contributed by atoms with van der Waals surface area (Å²) in [4.78, 5) is 13.6. The lowest BCUT2D eigenvalue weighted by molar-refractivity contribution is 0.0948. The Labute approximate surface area is 107 Å². The lowest BCUT2D eigenvalue weighted by Gasteiger charge is -2.19. The number of hydrogen-bond donors (Lipinski definition) is 2. The topological polar surface area (TPSA) is 89.1 Å². The summed E-state index contributed by atoms with van der Waals surface area (Å²) >= 11 is 0. The van der Waals surface area contributed by atoms with Crippen LogP contribution in [0.5, 0.6) is 0 Å². The minimum atomic E-state index is -0.417. The number of unbranched alkanes of at least 4 members (excludes halogenated alkanes) is 1. The maximum atomic E-state index is 11.2. The predicted molar refractivity (Wildman–Crippen MR) is 68.7 cm³/mol. The molecule has 7 heteroatoms. The Bertz CT molecular complexity index is 364. The number of carbonyl (C=O) groups is 1. The van der Waals surface area contributed by atoms with Crippen molar-refractivity contribution in [1.82, 2.24) is 25.3 Å². The summed E-state index contributed by atoms with van der Waals surface area (Å²) in [6.45, 7) is 8.07. The number of likely N-dealkylation sites (N-methyl/N-ethyl adjacent to an activating group) is 1. The van der Waals surface area contributed by atoms with Gasteiger partial charge in [-0.15, -0.1) is 5.10 Å². The second kappa shape index (κ2) is 7.78. The van der Waals surface area contributed by atoms with Gasteiger partial charge in [-0.1, -0.05) is 25.5 Å². The smallest absolute Gasteiger partial charge is 0.287 e. The Morgan fingerprint density at radius 2 is 2.28 bits per heavy atom. The number of nitrogen functional groups attached to an aromatic ring is 1. The van der Waals surface area contributed by atoms with E-state index in [9.17, 15) is 4.79 Å². The van der Waals surface area contributed by atoms with E-state index in [0.29, 0.717) is 0 Å². The molecule has 0 radical (unpaired) electrons. The third kappa shape index (κ3) is 4.42. The van der Waals surface area contributed by atoms with Crippen molar-refractivity contribution in [3.8, 4) is 0 Å². The summed E-state index contributed by atoms with van der Waals surface area (Å²) < 4.78 is 1.67. The molecular formula is C11H22N6O. The zero-order valence-electron chi connectivity index (χ0n) is 11.1. The van der Waals surface area contributed by atoms with Crippen LogP contribution >= 0.6 is 0 Å². The first kappa shape index (κ1) is 14.6. The normalized spacial score (nSPS) is 10.9. The SMILES string of the molecule is CCCCN(CC)CCn1cc(C(=O)NN)nn1. The van der Waals surface area contributed by atoms with Gasteiger partial charge in [0.05, 0.1) is 12.7 Å². The fraction of sp³-hybridized carbons (Fsp3) is 0.727. The summed E-state index contributed by atoms with van der Waals surface area (Å²) in [6.07, 6.45) is 4.00. The highest BCUT2D eigenvalue weighted by Crippen LogP contribution is 1.97. The summed E-state index contributed by atoms with van der Waals surface area (Å²) in [5, 5.41) is 7.65. The molecule has 0 spiro atoms. The van der Waals surface area contributed by atoms with Gasteiger partial charge in [0.15, 0.2) is 5.69 Å². The largest absolute Gasteiger partial charge is 0.302 e. The van der Waals surface area contributed by atoms with E-state index >= 15 is 0 Å². The van der Waals surface area contributed by atoms with Crippen LogP contribution in [0.3, 0.4) is 0 Å². The quantitative estimate of drug-likeness (QED) is 0.387. The van der Waals surface area contributed by atoms with Gasteiger partial charge in [0.1, 0.15) is 0 Å². The Hall–Kier alpha value is -1.47. The zero-order chi connectivity index (χ0) is 13.4. The highest BCUT2D eigenvalue weighted by molar-refractivity contribution is 5.91. The average Bonchev–Trinajstić information content (AvgIpc) is 2.87. The third-order valence-electron chi connectivity index (χ3n) is 2.82. The van der Waals surface area contributed by atoms with Crippen LogP contribution in [0.15, 0.2) is 6.20 Å². The van der Waals surface area contributed by atoms with E-state index in [4.69, 9.17) is 5.84 Å². The van der Waals surface area contributed by atoms with Crippen LogP contribution in [0, 0.1) is 0 Å². The van der Waals surface area contributed by atoms with Gasteiger partial charge in [0.2, 0.25) is 0 Å². The second-order valence-corrected chi connectivity index (χ2v) is 4.13. The molecule has 18 heavy (non-hydrogen) atoms. The molecule has 7 nitrogen and oxygen atoms in total. The lowest BCUT2D eigenvalue weighted by atomic mass is 10.3. The highest BCUT2D eigenvalue weighted by atomic mass is 16.2. The Morgan fingerprint density at radius 1 is 1.50 bits per heavy atom. The van der Waals surface area contributed by atoms with Crippen molar-refractivity contribution in [2.75, 3.05) is 19.6 Å². The first-order chi connectivity index (χ1) is 8.71. The first-order valence-corrected chi connectivity index (χ1v) is 6.34. The average molecular weight is 254 g/mol. The Morgan fingerprint density at radius 3 is 2.89 bits per heavy atom. The molecule has 0 saturated carbocycles. The van der Waals surface area contributed by atoms with Crippen LogP contribution in [-0.2, 0) is 6.54 Å². The number of nitrogens with one attached hydrogen (secondary N) is 1. The van der Waals surface area contributed by atoms with Gasteiger partial charge >= 0.3 is 0 Å². The molecule has 1 rings (SSSR count). The van der Waals surface area contributed by atoms with Crippen LogP contribution in [0.1, 0.15) is 37.2 Å². The van der Waals surface area contributed by atoms with E-state index in [-0.39, 0.29) is 5.69 Å². The van der Waals surface area contributed by atoms with E-state index in [0.717, 1.165) is 26.2 Å². The number of rotatable bonds is 8. The first-order valence-electron chi connectivity index (χ1n) is 6.34. The van der Waals surface area contributed by atoms with E-state index in [1.165, 1.54) is 12.8 Å². The summed E-state index contributed by atoms with van der Waals surface area (Å²) in [7, 11) is 0. The maximum absolute atomic E-state index is 11.2. The Kier molecular flexibility index (Phi) is 6.31. The Balaban J connectivity index is 2.42. The standard InChI is InChI=1S/C11H22N6O/c1-3-5-6-16(4-2)7-8-17-9-10(14-15-17)11(18)13-12/h9H,3-8,12H2,1-2H3,(H,13,18). The number of hydrazine groups is 1. The molecule has 0 aliphatic heterocycles. The van der Waals surface area contributed by atoms with Gasteiger partial charge in [0.25, 0.3) is 5.91 Å². The molecule has 0 aliphatic rings. The number of nitrogens with zero attached hydrogens (tertiary/aromatic N) is 4. The van der Waals surface area contributed by atoms with Crippen molar-refractivity contribution in [2.24, 2.45) is 5.84 Å². The fourth-order valence-corrected chi connectivity index (χ4v) is 1.64. The molecule has 1 heterocycles. The molecule has 0 aromatic carbocycles. The molecule has 3 N–H and O–H groups in total. The van der Waals surface area contributed by atoms with Crippen LogP contribution < -0.4 is 11.3 Å². The summed E-state index contributed by atoms with van der Waals surface area (Å²) in [6, 6.07) is 0. The third-order valence-corrected chi connectivity index (χ3v) is 2.82. The fourth-order valence-electron chi connectivity index (χ4n) is 1.64. The second-order valence-electron chi connectivity index (χ2n) is 4.13. The number of aromatic nitrogens is 3. The van der Waals surface area contributed by atoms with Crippen LogP contribution in [0.25, 0.3) is 0 Å². The summed E-state index contributed by atoms with van der Waals surface area (Å²) in [5.41, 5.74) is 2.28. The van der Waals surface area contributed by atoms with Gasteiger partial charge in [-0.3, -0.25) is 14.9 Å². The number of hydrogen-bond acceptors (Lipinski definition) is 5. The molecular weight excluding hydrogens is 232 g/mol. The number of carbonyl (C=O) groups excluding carboxylic acids is 1. The van der Waals surface area contributed by atoms with Crippen LogP contribution in [0.2, 0.25) is 0 Å². The van der Waals surface area contributed by atoms with Gasteiger partial charge in [-0.05, 0) is 19.5 Å². The van der Waals surface area contributed by atoms with Crippen molar-refractivity contribution in [2.45, 2.75) is 33.2 Å². The molecule has 0 unspecified atom stereocenters. The predicted octanol–water partition coefficient (Wildman–Crippen LogP) is 0.00360. The lowest BCUT2D eigenvalue weighted by Crippen LogP contribution is -2.30. The van der Waals surface area contributed by atoms with Crippen LogP contribution in [-0.4, -0.2) is 45.4 Å². The van der Waals surface area contributed by atoms with E-state index < -0.39 is 5.91 Å². The van der Waals surface area contributed by atoms with Crippen molar-refractivity contribution >= 4 is 5.91 Å².